The van der Waals surface area contributed by atoms with E-state index in [0.29, 0.717) is 0 Å². The fourth-order valence-corrected chi connectivity index (χ4v) is 1.73. The van der Waals surface area contributed by atoms with Crippen molar-refractivity contribution in [1.82, 2.24) is 9.78 Å². The normalized spacial score (nSPS) is 13.1. The third-order valence-electron chi connectivity index (χ3n) is 2.59. The van der Waals surface area contributed by atoms with Crippen molar-refractivity contribution < 1.29 is 5.21 Å². The van der Waals surface area contributed by atoms with Gasteiger partial charge in [0, 0.05) is 18.2 Å². The minimum absolute atomic E-state index is 0.272. The van der Waals surface area contributed by atoms with E-state index in [0.717, 1.165) is 23.9 Å². The molecule has 1 aromatic heterocycles. The number of amidine groups is 1. The predicted molar refractivity (Wildman–Crippen MR) is 66.4 cm³/mol. The Morgan fingerprint density at radius 3 is 2.88 bits per heavy atom. The van der Waals surface area contributed by atoms with Crippen LogP contribution >= 0.6 is 15.9 Å². The van der Waals surface area contributed by atoms with Gasteiger partial charge in [-0.25, -0.2) is 0 Å². The number of aryl methyl sites for hydroxylation is 1. The summed E-state index contributed by atoms with van der Waals surface area (Å²) in [6.45, 7) is 4.75. The van der Waals surface area contributed by atoms with Crippen molar-refractivity contribution in [2.75, 3.05) is 0 Å². The van der Waals surface area contributed by atoms with Crippen molar-refractivity contribution in [3.05, 3.63) is 16.9 Å². The number of rotatable bonds is 5. The van der Waals surface area contributed by atoms with Crippen molar-refractivity contribution >= 4 is 21.8 Å². The lowest BCUT2D eigenvalue weighted by Crippen LogP contribution is -2.32. The molecule has 0 saturated carbocycles. The summed E-state index contributed by atoms with van der Waals surface area (Å²) in [4.78, 5) is 0. The van der Waals surface area contributed by atoms with E-state index in [1.165, 1.54) is 0 Å². The first-order chi connectivity index (χ1) is 7.45. The molecule has 0 fully saturated rings. The van der Waals surface area contributed by atoms with Crippen LogP contribution in [0.2, 0.25) is 0 Å². The van der Waals surface area contributed by atoms with Crippen molar-refractivity contribution in [1.29, 1.82) is 0 Å². The maximum Gasteiger partial charge on any atom is 0.144 e. The van der Waals surface area contributed by atoms with Gasteiger partial charge in [-0.1, -0.05) is 19.0 Å². The van der Waals surface area contributed by atoms with Crippen LogP contribution in [0, 0.1) is 5.41 Å². The average molecular weight is 289 g/mol. The quantitative estimate of drug-likeness (QED) is 0.377. The first-order valence-corrected chi connectivity index (χ1v) is 5.91. The molecule has 0 aliphatic rings. The predicted octanol–water partition coefficient (Wildman–Crippen LogP) is 2.20. The summed E-state index contributed by atoms with van der Waals surface area (Å²) in [5.41, 5.74) is 5.33. The van der Waals surface area contributed by atoms with E-state index < -0.39 is 0 Å². The Morgan fingerprint density at radius 1 is 1.69 bits per heavy atom. The SMILES string of the molecule is CC(C)(CCCn1cc(Br)cn1)C(N)=NO. The molecular weight excluding hydrogens is 272 g/mol. The van der Waals surface area contributed by atoms with E-state index in [-0.39, 0.29) is 11.3 Å². The smallest absolute Gasteiger partial charge is 0.144 e. The minimum Gasteiger partial charge on any atom is -0.409 e. The Labute approximate surface area is 103 Å². The Balaban J connectivity index is 2.41. The van der Waals surface area contributed by atoms with Gasteiger partial charge < -0.3 is 10.9 Å². The number of hydrogen-bond acceptors (Lipinski definition) is 3. The number of nitrogens with two attached hydrogens (primary N) is 1. The Kier molecular flexibility index (Phi) is 4.35. The summed E-state index contributed by atoms with van der Waals surface area (Å²) in [5, 5.41) is 15.8. The molecule has 0 atom stereocenters. The van der Waals surface area contributed by atoms with Crippen LogP contribution in [-0.4, -0.2) is 20.8 Å². The maximum atomic E-state index is 8.63. The van der Waals surface area contributed by atoms with Gasteiger partial charge in [0.05, 0.1) is 10.7 Å². The summed E-state index contributed by atoms with van der Waals surface area (Å²) < 4.78 is 2.84. The Bertz CT molecular complexity index is 373. The topological polar surface area (TPSA) is 76.4 Å². The van der Waals surface area contributed by atoms with E-state index in [1.807, 2.05) is 24.7 Å². The fourth-order valence-electron chi connectivity index (χ4n) is 1.41. The molecule has 0 unspecified atom stereocenters. The minimum atomic E-state index is -0.279. The number of nitrogens with zero attached hydrogens (tertiary/aromatic N) is 3. The molecule has 0 bridgehead atoms. The molecule has 0 aromatic carbocycles. The zero-order valence-electron chi connectivity index (χ0n) is 9.52. The summed E-state index contributed by atoms with van der Waals surface area (Å²) in [7, 11) is 0. The number of halogens is 1. The van der Waals surface area contributed by atoms with E-state index >= 15 is 0 Å². The lowest BCUT2D eigenvalue weighted by molar-refractivity contribution is 0.303. The van der Waals surface area contributed by atoms with Gasteiger partial charge >= 0.3 is 0 Å². The number of aromatic nitrogens is 2. The highest BCUT2D eigenvalue weighted by molar-refractivity contribution is 9.10. The van der Waals surface area contributed by atoms with Gasteiger partial charge in [0.25, 0.3) is 0 Å². The fraction of sp³-hybridized carbons (Fsp3) is 0.600. The molecule has 3 N–H and O–H groups in total. The van der Waals surface area contributed by atoms with Gasteiger partial charge in [-0.15, -0.1) is 0 Å². The standard InChI is InChI=1S/C10H17BrN4O/c1-10(2,9(12)14-16)4-3-5-15-7-8(11)6-13-15/h6-7,16H,3-5H2,1-2H3,(H2,12,14). The van der Waals surface area contributed by atoms with E-state index in [1.54, 1.807) is 6.20 Å². The molecule has 0 saturated heterocycles. The van der Waals surface area contributed by atoms with Crippen LogP contribution in [0.5, 0.6) is 0 Å². The van der Waals surface area contributed by atoms with Gasteiger partial charge in [0.15, 0.2) is 0 Å². The van der Waals surface area contributed by atoms with E-state index in [4.69, 9.17) is 10.9 Å². The molecule has 0 aliphatic carbocycles. The summed E-state index contributed by atoms with van der Waals surface area (Å²) >= 11 is 3.34. The monoisotopic (exact) mass is 288 g/mol. The molecule has 0 radical (unpaired) electrons. The zero-order chi connectivity index (χ0) is 12.2. The van der Waals surface area contributed by atoms with Crippen molar-refractivity contribution in [3.63, 3.8) is 0 Å². The highest BCUT2D eigenvalue weighted by Crippen LogP contribution is 2.22. The van der Waals surface area contributed by atoms with Crippen LogP contribution in [0.4, 0.5) is 0 Å². The lowest BCUT2D eigenvalue weighted by atomic mass is 9.86. The molecule has 1 rings (SSSR count). The molecule has 1 heterocycles. The van der Waals surface area contributed by atoms with Crippen LogP contribution in [0.15, 0.2) is 22.0 Å². The molecule has 6 heteroatoms. The van der Waals surface area contributed by atoms with E-state index in [2.05, 4.69) is 26.2 Å². The molecule has 16 heavy (non-hydrogen) atoms. The first kappa shape index (κ1) is 13.0. The Morgan fingerprint density at radius 2 is 2.38 bits per heavy atom. The van der Waals surface area contributed by atoms with Gasteiger partial charge in [-0.2, -0.15) is 5.10 Å². The second-order valence-corrected chi connectivity index (χ2v) is 5.31. The number of hydrogen-bond donors (Lipinski definition) is 2. The molecule has 5 nitrogen and oxygen atoms in total. The summed E-state index contributed by atoms with van der Waals surface area (Å²) in [6.07, 6.45) is 5.46. The highest BCUT2D eigenvalue weighted by atomic mass is 79.9. The van der Waals surface area contributed by atoms with Crippen LogP contribution < -0.4 is 5.73 Å². The molecule has 90 valence electrons. The van der Waals surface area contributed by atoms with Crippen molar-refractivity contribution in [2.45, 2.75) is 33.2 Å². The van der Waals surface area contributed by atoms with Crippen LogP contribution in [-0.2, 0) is 6.54 Å². The van der Waals surface area contributed by atoms with Crippen molar-refractivity contribution in [3.8, 4) is 0 Å². The summed E-state index contributed by atoms with van der Waals surface area (Å²) in [6, 6.07) is 0. The third kappa shape index (κ3) is 3.52. The van der Waals surface area contributed by atoms with Gasteiger partial charge in [0.2, 0.25) is 0 Å². The summed E-state index contributed by atoms with van der Waals surface area (Å²) in [5.74, 6) is 0.272. The number of oxime groups is 1. The van der Waals surface area contributed by atoms with E-state index in [9.17, 15) is 0 Å². The molecule has 0 spiro atoms. The van der Waals surface area contributed by atoms with Crippen molar-refractivity contribution in [2.24, 2.45) is 16.3 Å². The maximum absolute atomic E-state index is 8.63. The third-order valence-corrected chi connectivity index (χ3v) is 3.00. The molecule has 0 aliphatic heterocycles. The molecular formula is C10H17BrN4O. The van der Waals surface area contributed by atoms with Crippen LogP contribution in [0.3, 0.4) is 0 Å². The van der Waals surface area contributed by atoms with Gasteiger partial charge in [-0.3, -0.25) is 4.68 Å². The van der Waals surface area contributed by atoms with Gasteiger partial charge in [0.1, 0.15) is 5.84 Å². The Hall–Kier alpha value is -1.04. The molecule has 1 aromatic rings. The largest absolute Gasteiger partial charge is 0.409 e. The average Bonchev–Trinajstić information content (AvgIpc) is 2.62. The lowest BCUT2D eigenvalue weighted by Gasteiger charge is -2.22. The van der Waals surface area contributed by atoms with Gasteiger partial charge in [-0.05, 0) is 28.8 Å². The van der Waals surface area contributed by atoms with Crippen LogP contribution in [0.1, 0.15) is 26.7 Å². The second-order valence-electron chi connectivity index (χ2n) is 4.39. The first-order valence-electron chi connectivity index (χ1n) is 5.11. The van der Waals surface area contributed by atoms with Crippen LogP contribution in [0.25, 0.3) is 0 Å². The molecule has 0 amide bonds. The second kappa shape index (κ2) is 5.34. The highest BCUT2D eigenvalue weighted by Gasteiger charge is 2.22. The zero-order valence-corrected chi connectivity index (χ0v) is 11.1.